The molecule has 0 spiro atoms. The Bertz CT molecular complexity index is 601. The molecular weight excluding hydrogens is 212 g/mol. The maximum Gasteiger partial charge on any atom is 0.137 e. The SMILES string of the molecule is OC1(c2ccc3c4c(cccc24)CC3)COC1. The van der Waals surface area contributed by atoms with Crippen LogP contribution < -0.4 is 0 Å². The molecule has 0 bridgehead atoms. The molecule has 2 heteroatoms. The summed E-state index contributed by atoms with van der Waals surface area (Å²) in [6.45, 7) is 0.845. The monoisotopic (exact) mass is 226 g/mol. The fourth-order valence-corrected chi connectivity index (χ4v) is 3.10. The summed E-state index contributed by atoms with van der Waals surface area (Å²) in [5.74, 6) is 0. The van der Waals surface area contributed by atoms with Gasteiger partial charge in [0.2, 0.25) is 0 Å². The Kier molecular flexibility index (Phi) is 1.75. The fraction of sp³-hybridized carbons (Fsp3) is 0.333. The standard InChI is InChI=1S/C15H14O2/c16-15(8-17-9-15)13-7-6-11-5-4-10-2-1-3-12(13)14(10)11/h1-3,6-7,16H,4-5,8-9H2. The number of ether oxygens (including phenoxy) is 1. The van der Waals surface area contributed by atoms with E-state index in [-0.39, 0.29) is 0 Å². The zero-order valence-corrected chi connectivity index (χ0v) is 9.57. The van der Waals surface area contributed by atoms with Gasteiger partial charge in [0.05, 0.1) is 13.2 Å². The van der Waals surface area contributed by atoms with Crippen LogP contribution in [0.1, 0.15) is 16.7 Å². The van der Waals surface area contributed by atoms with Crippen molar-refractivity contribution in [3.8, 4) is 0 Å². The second-order valence-corrected chi connectivity index (χ2v) is 5.14. The van der Waals surface area contributed by atoms with Crippen molar-refractivity contribution < 1.29 is 9.84 Å². The second-order valence-electron chi connectivity index (χ2n) is 5.14. The number of aryl methyl sites for hydroxylation is 2. The van der Waals surface area contributed by atoms with Crippen LogP contribution in [0.15, 0.2) is 30.3 Å². The third-order valence-electron chi connectivity index (χ3n) is 4.06. The molecule has 1 saturated heterocycles. The quantitative estimate of drug-likeness (QED) is 0.807. The molecule has 1 heterocycles. The average molecular weight is 226 g/mol. The lowest BCUT2D eigenvalue weighted by Crippen LogP contribution is -2.46. The minimum atomic E-state index is -0.764. The molecule has 0 amide bonds. The Morgan fingerprint density at radius 1 is 1.00 bits per heavy atom. The minimum Gasteiger partial charge on any atom is -0.380 e. The number of benzene rings is 2. The smallest absolute Gasteiger partial charge is 0.137 e. The molecule has 2 nitrogen and oxygen atoms in total. The molecule has 0 unspecified atom stereocenters. The van der Waals surface area contributed by atoms with Crippen LogP contribution >= 0.6 is 0 Å². The van der Waals surface area contributed by atoms with Gasteiger partial charge in [-0.2, -0.15) is 0 Å². The van der Waals surface area contributed by atoms with Crippen LogP contribution in [-0.2, 0) is 23.2 Å². The van der Waals surface area contributed by atoms with Gasteiger partial charge >= 0.3 is 0 Å². The van der Waals surface area contributed by atoms with E-state index in [1.807, 2.05) is 0 Å². The molecule has 0 radical (unpaired) electrons. The van der Waals surface area contributed by atoms with Gasteiger partial charge in [-0.3, -0.25) is 0 Å². The Balaban J connectivity index is 2.06. The first kappa shape index (κ1) is 9.63. The average Bonchev–Trinajstić information content (AvgIpc) is 2.73. The lowest BCUT2D eigenvalue weighted by molar-refractivity contribution is -0.183. The lowest BCUT2D eigenvalue weighted by atomic mass is 9.86. The minimum absolute atomic E-state index is 0.422. The molecule has 2 aliphatic rings. The fourth-order valence-electron chi connectivity index (χ4n) is 3.10. The largest absolute Gasteiger partial charge is 0.380 e. The predicted molar refractivity (Wildman–Crippen MR) is 66.1 cm³/mol. The molecule has 0 atom stereocenters. The van der Waals surface area contributed by atoms with Gasteiger partial charge in [0.25, 0.3) is 0 Å². The summed E-state index contributed by atoms with van der Waals surface area (Å²) in [5.41, 5.74) is 3.11. The summed E-state index contributed by atoms with van der Waals surface area (Å²) in [6, 6.07) is 10.7. The van der Waals surface area contributed by atoms with E-state index in [9.17, 15) is 5.11 Å². The summed E-state index contributed by atoms with van der Waals surface area (Å²) in [6.07, 6.45) is 2.26. The highest BCUT2D eigenvalue weighted by Gasteiger charge is 2.39. The maximum absolute atomic E-state index is 10.5. The van der Waals surface area contributed by atoms with E-state index >= 15 is 0 Å². The maximum atomic E-state index is 10.5. The number of rotatable bonds is 1. The zero-order valence-electron chi connectivity index (χ0n) is 9.57. The van der Waals surface area contributed by atoms with E-state index in [1.165, 1.54) is 21.9 Å². The highest BCUT2D eigenvalue weighted by Crippen LogP contribution is 2.39. The third kappa shape index (κ3) is 1.17. The van der Waals surface area contributed by atoms with E-state index < -0.39 is 5.60 Å². The molecule has 1 aliphatic carbocycles. The van der Waals surface area contributed by atoms with Gasteiger partial charge in [-0.05, 0) is 40.3 Å². The van der Waals surface area contributed by atoms with Gasteiger partial charge in [0.1, 0.15) is 5.60 Å². The molecule has 4 rings (SSSR count). The number of hydrogen-bond acceptors (Lipinski definition) is 2. The summed E-state index contributed by atoms with van der Waals surface area (Å²) >= 11 is 0. The van der Waals surface area contributed by atoms with Crippen molar-refractivity contribution in [3.63, 3.8) is 0 Å². The van der Waals surface area contributed by atoms with Gasteiger partial charge in [0, 0.05) is 0 Å². The Morgan fingerprint density at radius 2 is 1.76 bits per heavy atom. The van der Waals surface area contributed by atoms with Crippen molar-refractivity contribution in [1.29, 1.82) is 0 Å². The van der Waals surface area contributed by atoms with Gasteiger partial charge < -0.3 is 9.84 Å². The normalized spacial score (nSPS) is 20.5. The second kappa shape index (κ2) is 3.09. The summed E-state index contributed by atoms with van der Waals surface area (Å²) in [4.78, 5) is 0. The molecule has 17 heavy (non-hydrogen) atoms. The van der Waals surface area contributed by atoms with Crippen LogP contribution in [0.3, 0.4) is 0 Å². The van der Waals surface area contributed by atoms with E-state index in [1.54, 1.807) is 0 Å². The molecular formula is C15H14O2. The van der Waals surface area contributed by atoms with E-state index in [0.29, 0.717) is 13.2 Å². The van der Waals surface area contributed by atoms with Crippen molar-refractivity contribution in [2.24, 2.45) is 0 Å². The Labute approximate surface area is 99.8 Å². The van der Waals surface area contributed by atoms with Gasteiger partial charge in [-0.25, -0.2) is 0 Å². The highest BCUT2D eigenvalue weighted by atomic mass is 16.5. The Morgan fingerprint density at radius 3 is 2.47 bits per heavy atom. The summed E-state index contributed by atoms with van der Waals surface area (Å²) < 4.78 is 5.17. The molecule has 86 valence electrons. The van der Waals surface area contributed by atoms with Crippen LogP contribution in [0, 0.1) is 0 Å². The molecule has 1 N–H and O–H groups in total. The molecule has 2 aromatic carbocycles. The van der Waals surface area contributed by atoms with Crippen LogP contribution in [0.25, 0.3) is 10.8 Å². The molecule has 1 fully saturated rings. The zero-order chi connectivity index (χ0) is 11.5. The van der Waals surface area contributed by atoms with Crippen LogP contribution in [-0.4, -0.2) is 18.3 Å². The number of aliphatic hydroxyl groups is 1. The first-order valence-corrected chi connectivity index (χ1v) is 6.12. The van der Waals surface area contributed by atoms with Crippen molar-refractivity contribution in [3.05, 3.63) is 47.0 Å². The van der Waals surface area contributed by atoms with Crippen molar-refractivity contribution >= 4 is 10.8 Å². The van der Waals surface area contributed by atoms with Crippen LogP contribution in [0.5, 0.6) is 0 Å². The van der Waals surface area contributed by atoms with Crippen molar-refractivity contribution in [1.82, 2.24) is 0 Å². The predicted octanol–water partition coefficient (Wildman–Crippen LogP) is 2.16. The topological polar surface area (TPSA) is 29.5 Å². The molecule has 2 aromatic rings. The first-order chi connectivity index (χ1) is 8.28. The Hall–Kier alpha value is -1.38. The van der Waals surface area contributed by atoms with Gasteiger partial charge in [-0.15, -0.1) is 0 Å². The summed E-state index contributed by atoms with van der Waals surface area (Å²) in [5, 5.41) is 13.0. The van der Waals surface area contributed by atoms with E-state index in [2.05, 4.69) is 30.3 Å². The van der Waals surface area contributed by atoms with Crippen molar-refractivity contribution in [2.45, 2.75) is 18.4 Å². The van der Waals surface area contributed by atoms with Crippen LogP contribution in [0.2, 0.25) is 0 Å². The first-order valence-electron chi connectivity index (χ1n) is 6.12. The van der Waals surface area contributed by atoms with E-state index in [0.717, 1.165) is 18.4 Å². The van der Waals surface area contributed by atoms with Gasteiger partial charge in [0.15, 0.2) is 0 Å². The van der Waals surface area contributed by atoms with E-state index in [4.69, 9.17) is 4.74 Å². The van der Waals surface area contributed by atoms with Crippen LogP contribution in [0.4, 0.5) is 0 Å². The molecule has 0 aromatic heterocycles. The lowest BCUT2D eigenvalue weighted by Gasteiger charge is -2.37. The van der Waals surface area contributed by atoms with Gasteiger partial charge in [-0.1, -0.05) is 30.3 Å². The van der Waals surface area contributed by atoms with Crippen molar-refractivity contribution in [2.75, 3.05) is 13.2 Å². The highest BCUT2D eigenvalue weighted by molar-refractivity contribution is 5.93. The summed E-state index contributed by atoms with van der Waals surface area (Å²) in [7, 11) is 0. The third-order valence-corrected chi connectivity index (χ3v) is 4.06. The molecule has 1 aliphatic heterocycles. The molecule has 0 saturated carbocycles. The number of hydrogen-bond donors (Lipinski definition) is 1.